The number of aromatic nitrogens is 1. The molecule has 0 aliphatic rings. The van der Waals surface area contributed by atoms with Crippen molar-refractivity contribution in [3.63, 3.8) is 0 Å². The second-order valence-corrected chi connectivity index (χ2v) is 3.32. The number of rotatable bonds is 5. The van der Waals surface area contributed by atoms with E-state index in [4.69, 9.17) is 10.2 Å². The van der Waals surface area contributed by atoms with Crippen molar-refractivity contribution >= 4 is 11.9 Å². The number of aliphatic carboxylic acids is 1. The lowest BCUT2D eigenvalue weighted by atomic mass is 10.2. The van der Waals surface area contributed by atoms with Crippen molar-refractivity contribution in [1.29, 1.82) is 0 Å². The Hall–Kier alpha value is -2.37. The van der Waals surface area contributed by atoms with Gasteiger partial charge in [0, 0.05) is 6.20 Å². The number of amides is 1. The molecule has 90 valence electrons. The largest absolute Gasteiger partial charge is 0.506 e. The molecule has 6 heteroatoms. The Balaban J connectivity index is 2.77. The Bertz CT molecular complexity index is 445. The highest BCUT2D eigenvalue weighted by Crippen LogP contribution is 2.08. The van der Waals surface area contributed by atoms with Crippen LogP contribution >= 0.6 is 0 Å². The van der Waals surface area contributed by atoms with Crippen LogP contribution in [0, 0.1) is 0 Å². The Morgan fingerprint density at radius 3 is 2.76 bits per heavy atom. The van der Waals surface area contributed by atoms with E-state index in [-0.39, 0.29) is 17.7 Å². The first-order valence-corrected chi connectivity index (χ1v) is 4.83. The first kappa shape index (κ1) is 12.7. The molecule has 1 aromatic rings. The molecule has 0 radical (unpaired) electrons. The molecule has 0 aromatic carbocycles. The van der Waals surface area contributed by atoms with Gasteiger partial charge in [-0.3, -0.25) is 9.78 Å². The van der Waals surface area contributed by atoms with Gasteiger partial charge in [-0.2, -0.15) is 0 Å². The van der Waals surface area contributed by atoms with Gasteiger partial charge in [0.15, 0.2) is 0 Å². The maximum absolute atomic E-state index is 11.6. The average molecular weight is 236 g/mol. The van der Waals surface area contributed by atoms with Gasteiger partial charge in [0.25, 0.3) is 5.91 Å². The third-order valence-electron chi connectivity index (χ3n) is 1.99. The van der Waals surface area contributed by atoms with Gasteiger partial charge in [0.1, 0.15) is 11.8 Å². The van der Waals surface area contributed by atoms with Gasteiger partial charge < -0.3 is 15.5 Å². The minimum atomic E-state index is -1.15. The Morgan fingerprint density at radius 2 is 2.24 bits per heavy atom. The van der Waals surface area contributed by atoms with Crippen molar-refractivity contribution in [2.75, 3.05) is 0 Å². The smallest absolute Gasteiger partial charge is 0.326 e. The van der Waals surface area contributed by atoms with E-state index >= 15 is 0 Å². The molecule has 6 nitrogen and oxygen atoms in total. The van der Waals surface area contributed by atoms with E-state index in [0.29, 0.717) is 0 Å². The highest BCUT2D eigenvalue weighted by Gasteiger charge is 2.19. The Labute approximate surface area is 97.6 Å². The van der Waals surface area contributed by atoms with E-state index in [9.17, 15) is 9.59 Å². The summed E-state index contributed by atoms with van der Waals surface area (Å²) in [6, 6.07) is 0.164. The average Bonchev–Trinajstić information content (AvgIpc) is 2.28. The minimum absolute atomic E-state index is 0.0975. The number of carbonyl (C=O) groups is 2. The van der Waals surface area contributed by atoms with Crippen LogP contribution < -0.4 is 5.32 Å². The number of carbonyl (C=O) groups excluding carboxylic acids is 1. The predicted octanol–water partition coefficient (Wildman–Crippen LogP) is 0.546. The summed E-state index contributed by atoms with van der Waals surface area (Å²) in [7, 11) is 0. The van der Waals surface area contributed by atoms with Gasteiger partial charge >= 0.3 is 5.97 Å². The zero-order chi connectivity index (χ0) is 12.8. The van der Waals surface area contributed by atoms with Crippen molar-refractivity contribution in [2.24, 2.45) is 0 Å². The molecule has 1 amide bonds. The first-order chi connectivity index (χ1) is 8.04. The van der Waals surface area contributed by atoms with E-state index in [1.807, 2.05) is 0 Å². The lowest BCUT2D eigenvalue weighted by Gasteiger charge is -2.12. The highest BCUT2D eigenvalue weighted by atomic mass is 16.4. The van der Waals surface area contributed by atoms with Crippen LogP contribution in [-0.4, -0.2) is 33.1 Å². The normalized spacial score (nSPS) is 11.5. The number of pyridine rings is 1. The third kappa shape index (κ3) is 3.60. The van der Waals surface area contributed by atoms with E-state index in [1.165, 1.54) is 24.5 Å². The zero-order valence-electron chi connectivity index (χ0n) is 8.96. The molecule has 0 bridgehead atoms. The second-order valence-electron chi connectivity index (χ2n) is 3.32. The standard InChI is InChI=1S/C11H12N2O4/c1-2-3-9(11(16)17)13-10(15)7-4-8(14)6-12-5-7/h2,4-6,9,14H,1,3H2,(H,13,15)(H,16,17). The molecule has 1 rings (SSSR count). The van der Waals surface area contributed by atoms with Crippen LogP contribution in [0.3, 0.4) is 0 Å². The predicted molar refractivity (Wildman–Crippen MR) is 59.6 cm³/mol. The Kier molecular flexibility index (Phi) is 4.21. The maximum Gasteiger partial charge on any atom is 0.326 e. The maximum atomic E-state index is 11.6. The lowest BCUT2D eigenvalue weighted by molar-refractivity contribution is -0.139. The van der Waals surface area contributed by atoms with Crippen LogP contribution in [0.5, 0.6) is 5.75 Å². The number of hydrogen-bond donors (Lipinski definition) is 3. The van der Waals surface area contributed by atoms with Crippen LogP contribution in [0.15, 0.2) is 31.1 Å². The van der Waals surface area contributed by atoms with Crippen molar-refractivity contribution in [3.05, 3.63) is 36.7 Å². The van der Waals surface area contributed by atoms with E-state index in [0.717, 1.165) is 0 Å². The summed E-state index contributed by atoms with van der Waals surface area (Å²) in [6.07, 6.45) is 3.93. The number of nitrogens with zero attached hydrogens (tertiary/aromatic N) is 1. The summed E-state index contributed by atoms with van der Waals surface area (Å²) in [4.78, 5) is 26.0. The molecule has 0 saturated carbocycles. The summed E-state index contributed by atoms with van der Waals surface area (Å²) in [6.45, 7) is 3.41. The molecule has 0 saturated heterocycles. The van der Waals surface area contributed by atoms with Crippen molar-refractivity contribution < 1.29 is 19.8 Å². The van der Waals surface area contributed by atoms with E-state index in [1.54, 1.807) is 0 Å². The monoisotopic (exact) mass is 236 g/mol. The number of hydrogen-bond acceptors (Lipinski definition) is 4. The fourth-order valence-corrected chi connectivity index (χ4v) is 1.18. The number of aromatic hydroxyl groups is 1. The molecule has 0 spiro atoms. The number of carboxylic acids is 1. The molecular weight excluding hydrogens is 224 g/mol. The van der Waals surface area contributed by atoms with Crippen molar-refractivity contribution in [1.82, 2.24) is 10.3 Å². The van der Waals surface area contributed by atoms with Gasteiger partial charge in [-0.1, -0.05) is 6.08 Å². The van der Waals surface area contributed by atoms with Crippen molar-refractivity contribution in [2.45, 2.75) is 12.5 Å². The number of carboxylic acid groups (broad SMARTS) is 1. The topological polar surface area (TPSA) is 99.5 Å². The van der Waals surface area contributed by atoms with Crippen LogP contribution in [-0.2, 0) is 4.79 Å². The van der Waals surface area contributed by atoms with Crippen LogP contribution in [0.1, 0.15) is 16.8 Å². The quantitative estimate of drug-likeness (QED) is 0.648. The van der Waals surface area contributed by atoms with E-state index in [2.05, 4.69) is 16.9 Å². The Morgan fingerprint density at radius 1 is 1.53 bits per heavy atom. The summed E-state index contributed by atoms with van der Waals surface area (Å²) < 4.78 is 0. The fraction of sp³-hybridized carbons (Fsp3) is 0.182. The van der Waals surface area contributed by atoms with Gasteiger partial charge in [-0.25, -0.2) is 4.79 Å². The zero-order valence-corrected chi connectivity index (χ0v) is 8.96. The SMILES string of the molecule is C=CCC(NC(=O)c1cncc(O)c1)C(=O)O. The van der Waals surface area contributed by atoms with Crippen LogP contribution in [0.25, 0.3) is 0 Å². The van der Waals surface area contributed by atoms with E-state index < -0.39 is 17.9 Å². The molecular formula is C11H12N2O4. The molecule has 1 aromatic heterocycles. The summed E-state index contributed by atoms with van der Waals surface area (Å²) >= 11 is 0. The first-order valence-electron chi connectivity index (χ1n) is 4.83. The lowest BCUT2D eigenvalue weighted by Crippen LogP contribution is -2.40. The third-order valence-corrected chi connectivity index (χ3v) is 1.99. The van der Waals surface area contributed by atoms with Crippen LogP contribution in [0.2, 0.25) is 0 Å². The van der Waals surface area contributed by atoms with Gasteiger partial charge in [0.2, 0.25) is 0 Å². The van der Waals surface area contributed by atoms with Gasteiger partial charge in [-0.15, -0.1) is 6.58 Å². The molecule has 1 atom stereocenters. The van der Waals surface area contributed by atoms with Gasteiger partial charge in [0.05, 0.1) is 11.8 Å². The molecule has 1 heterocycles. The van der Waals surface area contributed by atoms with Crippen LogP contribution in [0.4, 0.5) is 0 Å². The summed E-state index contributed by atoms with van der Waals surface area (Å²) in [5, 5.41) is 20.3. The second kappa shape index (κ2) is 5.64. The molecule has 0 aliphatic carbocycles. The fourth-order valence-electron chi connectivity index (χ4n) is 1.18. The molecule has 17 heavy (non-hydrogen) atoms. The highest BCUT2D eigenvalue weighted by molar-refractivity contribution is 5.96. The molecule has 0 aliphatic heterocycles. The molecule has 3 N–H and O–H groups in total. The van der Waals surface area contributed by atoms with Crippen molar-refractivity contribution in [3.8, 4) is 5.75 Å². The number of nitrogens with one attached hydrogen (secondary N) is 1. The summed E-state index contributed by atoms with van der Waals surface area (Å²) in [5.41, 5.74) is 0.0975. The molecule has 1 unspecified atom stereocenters. The summed E-state index contributed by atoms with van der Waals surface area (Å²) in [5.74, 6) is -1.91. The minimum Gasteiger partial charge on any atom is -0.506 e. The molecule has 0 fully saturated rings. The van der Waals surface area contributed by atoms with Gasteiger partial charge in [-0.05, 0) is 12.5 Å².